The second-order valence-electron chi connectivity index (χ2n) is 2.72. The Morgan fingerprint density at radius 2 is 1.93 bits per heavy atom. The summed E-state index contributed by atoms with van der Waals surface area (Å²) in [7, 11) is 0. The third-order valence-corrected chi connectivity index (χ3v) is 1.87. The van der Waals surface area contributed by atoms with E-state index in [-0.39, 0.29) is 16.7 Å². The number of benzene rings is 1. The smallest absolute Gasteiger partial charge is 0.339 e. The predicted octanol–water partition coefficient (Wildman–Crippen LogP) is 0.619. The number of carbonyl (C=O) groups is 2. The number of nitrogens with zero attached hydrogens (tertiary/aromatic N) is 2. The number of hydrogen-bond donors (Lipinski definition) is 2. The highest BCUT2D eigenvalue weighted by Gasteiger charge is 2.22. The molecule has 0 unspecified atom stereocenters. The van der Waals surface area contributed by atoms with Crippen LogP contribution in [0.1, 0.15) is 20.7 Å². The number of fused-ring (bicyclic) bond motifs is 1. The maximum atomic E-state index is 10.9. The molecule has 1 aromatic heterocycles. The molecule has 0 fully saturated rings. The third-order valence-electron chi connectivity index (χ3n) is 1.87. The molecule has 76 valence electrons. The third kappa shape index (κ3) is 1.30. The van der Waals surface area contributed by atoms with Crippen LogP contribution in [0, 0.1) is 0 Å². The Morgan fingerprint density at radius 1 is 1.20 bits per heavy atom. The Hall–Kier alpha value is -2.44. The van der Waals surface area contributed by atoms with Crippen LogP contribution in [0.25, 0.3) is 11.1 Å². The Labute approximate surface area is 81.9 Å². The van der Waals surface area contributed by atoms with Crippen molar-refractivity contribution < 1.29 is 24.3 Å². The molecular formula is C8H4N2O5. The van der Waals surface area contributed by atoms with Gasteiger partial charge < -0.3 is 14.7 Å². The van der Waals surface area contributed by atoms with Crippen molar-refractivity contribution in [1.29, 1.82) is 0 Å². The van der Waals surface area contributed by atoms with Gasteiger partial charge in [0.2, 0.25) is 0 Å². The minimum absolute atomic E-state index is 0.0672. The van der Waals surface area contributed by atoms with E-state index in [1.807, 2.05) is 0 Å². The van der Waals surface area contributed by atoms with Crippen LogP contribution in [0.2, 0.25) is 0 Å². The van der Waals surface area contributed by atoms with E-state index in [1.54, 1.807) is 0 Å². The molecule has 0 aliphatic rings. The van der Waals surface area contributed by atoms with Gasteiger partial charge in [-0.2, -0.15) is 0 Å². The number of aromatic nitrogens is 2. The molecule has 2 rings (SSSR count). The molecule has 7 nitrogen and oxygen atoms in total. The van der Waals surface area contributed by atoms with Gasteiger partial charge in [0.05, 0.1) is 5.56 Å². The minimum atomic E-state index is -1.38. The van der Waals surface area contributed by atoms with E-state index < -0.39 is 17.5 Å². The maximum absolute atomic E-state index is 10.9. The summed E-state index contributed by atoms with van der Waals surface area (Å²) in [5, 5.41) is 24.2. The zero-order valence-electron chi connectivity index (χ0n) is 7.17. The first kappa shape index (κ1) is 9.13. The summed E-state index contributed by atoms with van der Waals surface area (Å²) in [5.41, 5.74) is -0.688. The molecular weight excluding hydrogens is 204 g/mol. The number of carboxylic acids is 2. The average molecular weight is 208 g/mol. The lowest BCUT2D eigenvalue weighted by Gasteiger charge is -1.99. The van der Waals surface area contributed by atoms with Crippen molar-refractivity contribution in [1.82, 2.24) is 10.4 Å². The van der Waals surface area contributed by atoms with Crippen LogP contribution in [0.4, 0.5) is 0 Å². The van der Waals surface area contributed by atoms with Crippen LogP contribution in [-0.2, 0) is 0 Å². The van der Waals surface area contributed by atoms with Crippen LogP contribution in [0.5, 0.6) is 0 Å². The molecule has 0 radical (unpaired) electrons. The van der Waals surface area contributed by atoms with Crippen molar-refractivity contribution in [2.24, 2.45) is 0 Å². The second kappa shape index (κ2) is 3.05. The summed E-state index contributed by atoms with van der Waals surface area (Å²) >= 11 is 0. The number of hydrogen-bond acceptors (Lipinski definition) is 5. The topological polar surface area (TPSA) is 114 Å². The van der Waals surface area contributed by atoms with E-state index in [9.17, 15) is 9.59 Å². The van der Waals surface area contributed by atoms with Gasteiger partial charge in [0.15, 0.2) is 5.58 Å². The number of carboxylic acid groups (broad SMARTS) is 2. The molecule has 1 aromatic carbocycles. The van der Waals surface area contributed by atoms with Gasteiger partial charge in [0.25, 0.3) is 0 Å². The Bertz CT molecular complexity index is 559. The van der Waals surface area contributed by atoms with Gasteiger partial charge in [0.1, 0.15) is 11.1 Å². The first-order valence-electron chi connectivity index (χ1n) is 3.83. The maximum Gasteiger partial charge on any atom is 0.339 e. The largest absolute Gasteiger partial charge is 0.478 e. The Morgan fingerprint density at radius 3 is 2.53 bits per heavy atom. The summed E-state index contributed by atoms with van der Waals surface area (Å²) in [6.07, 6.45) is 0. The van der Waals surface area contributed by atoms with E-state index in [0.29, 0.717) is 0 Å². The molecule has 15 heavy (non-hydrogen) atoms. The molecule has 0 aliphatic carbocycles. The molecule has 0 saturated heterocycles. The molecule has 0 saturated carbocycles. The summed E-state index contributed by atoms with van der Waals surface area (Å²) in [4.78, 5) is 21.6. The van der Waals surface area contributed by atoms with Crippen LogP contribution in [0.15, 0.2) is 16.7 Å². The molecule has 1 heterocycles. The van der Waals surface area contributed by atoms with E-state index in [0.717, 1.165) is 6.07 Å². The van der Waals surface area contributed by atoms with Crippen LogP contribution < -0.4 is 0 Å². The molecule has 7 heteroatoms. The Balaban J connectivity index is 2.87. The lowest BCUT2D eigenvalue weighted by molar-refractivity contribution is 0.0653. The van der Waals surface area contributed by atoms with Crippen LogP contribution in [0.3, 0.4) is 0 Å². The quantitative estimate of drug-likeness (QED) is 0.743. The fraction of sp³-hybridized carbons (Fsp3) is 0. The molecule has 0 bridgehead atoms. The summed E-state index contributed by atoms with van der Waals surface area (Å²) in [5.74, 6) is -2.72. The van der Waals surface area contributed by atoms with E-state index in [1.165, 1.54) is 6.07 Å². The predicted molar refractivity (Wildman–Crippen MR) is 45.7 cm³/mol. The lowest BCUT2D eigenvalue weighted by Crippen LogP contribution is -2.08. The normalized spacial score (nSPS) is 10.4. The van der Waals surface area contributed by atoms with Gasteiger partial charge >= 0.3 is 11.9 Å². The van der Waals surface area contributed by atoms with Gasteiger partial charge in [0, 0.05) is 5.27 Å². The fourth-order valence-electron chi connectivity index (χ4n) is 1.24. The minimum Gasteiger partial charge on any atom is -0.478 e. The van der Waals surface area contributed by atoms with Gasteiger partial charge in [-0.3, -0.25) is 0 Å². The van der Waals surface area contributed by atoms with Gasteiger partial charge in [-0.25, -0.2) is 9.59 Å². The van der Waals surface area contributed by atoms with E-state index in [4.69, 9.17) is 10.2 Å². The SMILES string of the molecule is O=C(O)c1ccc2onnc2c1C(=O)O. The molecule has 2 N–H and O–H groups in total. The van der Waals surface area contributed by atoms with E-state index in [2.05, 4.69) is 14.9 Å². The standard InChI is InChI=1S/C8H4N2O5/c11-7(12)3-1-2-4-6(9-10-15-4)5(3)8(13)14/h1-2H,(H,11,12)(H,13,14). The summed E-state index contributed by atoms with van der Waals surface area (Å²) in [6, 6.07) is 2.45. The lowest BCUT2D eigenvalue weighted by atomic mass is 10.1. The van der Waals surface area contributed by atoms with Gasteiger partial charge in [-0.1, -0.05) is 0 Å². The highest BCUT2D eigenvalue weighted by atomic mass is 16.5. The zero-order chi connectivity index (χ0) is 11.0. The highest BCUT2D eigenvalue weighted by molar-refractivity contribution is 6.09. The first-order valence-corrected chi connectivity index (χ1v) is 3.83. The summed E-state index contributed by atoms with van der Waals surface area (Å²) < 4.78 is 4.63. The Kier molecular flexibility index (Phi) is 1.86. The van der Waals surface area contributed by atoms with Crippen molar-refractivity contribution in [3.63, 3.8) is 0 Å². The highest BCUT2D eigenvalue weighted by Crippen LogP contribution is 2.20. The fourth-order valence-corrected chi connectivity index (χ4v) is 1.24. The molecule has 0 atom stereocenters. The zero-order valence-corrected chi connectivity index (χ0v) is 7.17. The van der Waals surface area contributed by atoms with Crippen LogP contribution >= 0.6 is 0 Å². The van der Waals surface area contributed by atoms with Crippen molar-refractivity contribution in [2.75, 3.05) is 0 Å². The molecule has 0 amide bonds. The van der Waals surface area contributed by atoms with Crippen LogP contribution in [-0.4, -0.2) is 32.5 Å². The molecule has 0 spiro atoms. The number of aromatic carboxylic acids is 2. The number of rotatable bonds is 2. The molecule has 0 aliphatic heterocycles. The van der Waals surface area contributed by atoms with Gasteiger partial charge in [-0.05, 0) is 12.1 Å². The van der Waals surface area contributed by atoms with Crippen molar-refractivity contribution in [2.45, 2.75) is 0 Å². The van der Waals surface area contributed by atoms with Crippen molar-refractivity contribution in [3.8, 4) is 0 Å². The van der Waals surface area contributed by atoms with Crippen molar-refractivity contribution in [3.05, 3.63) is 23.3 Å². The average Bonchev–Trinajstić information content (AvgIpc) is 2.62. The van der Waals surface area contributed by atoms with Gasteiger partial charge in [-0.15, -0.1) is 5.10 Å². The summed E-state index contributed by atoms with van der Waals surface area (Å²) in [6.45, 7) is 0. The first-order chi connectivity index (χ1) is 7.11. The monoisotopic (exact) mass is 208 g/mol. The second-order valence-corrected chi connectivity index (χ2v) is 2.72. The van der Waals surface area contributed by atoms with E-state index >= 15 is 0 Å². The molecule has 2 aromatic rings. The van der Waals surface area contributed by atoms with Crippen molar-refractivity contribution >= 4 is 23.0 Å².